The van der Waals surface area contributed by atoms with Gasteiger partial charge in [0.1, 0.15) is 5.69 Å². The van der Waals surface area contributed by atoms with Gasteiger partial charge in [0.05, 0.1) is 11.9 Å². The van der Waals surface area contributed by atoms with Crippen molar-refractivity contribution in [2.75, 3.05) is 11.4 Å². The first-order chi connectivity index (χ1) is 13.2. The van der Waals surface area contributed by atoms with Crippen molar-refractivity contribution < 1.29 is 4.79 Å². The van der Waals surface area contributed by atoms with Crippen LogP contribution in [0.2, 0.25) is 0 Å². The number of aromatic nitrogens is 1. The van der Waals surface area contributed by atoms with Crippen LogP contribution in [0.4, 0.5) is 11.4 Å². The molecule has 0 saturated heterocycles. The number of nitrogens with zero attached hydrogens (tertiary/aromatic N) is 2. The van der Waals surface area contributed by atoms with Gasteiger partial charge in [0.15, 0.2) is 0 Å². The fraction of sp³-hybridized carbons (Fsp3) is 0.217. The zero-order chi connectivity index (χ0) is 18.6. The van der Waals surface area contributed by atoms with E-state index in [-0.39, 0.29) is 5.91 Å². The van der Waals surface area contributed by atoms with Gasteiger partial charge in [-0.2, -0.15) is 0 Å². The lowest BCUT2D eigenvalue weighted by atomic mass is 10.0. The Balaban J connectivity index is 1.46. The molecule has 1 N–H and O–H groups in total. The molecule has 0 radical (unpaired) electrons. The number of carbonyl (C=O) groups is 1. The Morgan fingerprint density at radius 1 is 1.07 bits per heavy atom. The van der Waals surface area contributed by atoms with E-state index in [1.54, 1.807) is 12.3 Å². The zero-order valence-electron chi connectivity index (χ0n) is 15.5. The molecule has 27 heavy (non-hydrogen) atoms. The van der Waals surface area contributed by atoms with E-state index >= 15 is 0 Å². The van der Waals surface area contributed by atoms with Gasteiger partial charge in [-0.3, -0.25) is 4.79 Å². The van der Waals surface area contributed by atoms with Crippen LogP contribution >= 0.6 is 0 Å². The number of benzene rings is 2. The zero-order valence-corrected chi connectivity index (χ0v) is 15.5. The molecule has 4 rings (SSSR count). The Hall–Kier alpha value is -3.14. The Kier molecular flexibility index (Phi) is 4.88. The molecule has 1 amide bonds. The van der Waals surface area contributed by atoms with Crippen molar-refractivity contribution >= 4 is 17.3 Å². The molecule has 136 valence electrons. The summed E-state index contributed by atoms with van der Waals surface area (Å²) in [5, 5.41) is 2.96. The molecule has 3 aromatic rings. The van der Waals surface area contributed by atoms with Crippen LogP contribution < -0.4 is 10.2 Å². The van der Waals surface area contributed by atoms with Crippen LogP contribution in [-0.2, 0) is 13.0 Å². The van der Waals surface area contributed by atoms with Crippen LogP contribution in [0.25, 0.3) is 0 Å². The van der Waals surface area contributed by atoms with E-state index in [0.29, 0.717) is 12.2 Å². The monoisotopic (exact) mass is 357 g/mol. The molecule has 0 fully saturated rings. The van der Waals surface area contributed by atoms with Gasteiger partial charge in [0.25, 0.3) is 5.91 Å². The minimum Gasteiger partial charge on any atom is -0.347 e. The number of anilines is 2. The van der Waals surface area contributed by atoms with Crippen LogP contribution in [0.3, 0.4) is 0 Å². The highest BCUT2D eigenvalue weighted by Gasteiger charge is 2.18. The highest BCUT2D eigenvalue weighted by molar-refractivity contribution is 5.92. The summed E-state index contributed by atoms with van der Waals surface area (Å²) in [5.74, 6) is -0.149. The van der Waals surface area contributed by atoms with E-state index in [2.05, 4.69) is 39.5 Å². The lowest BCUT2D eigenvalue weighted by Crippen LogP contribution is -2.26. The van der Waals surface area contributed by atoms with Gasteiger partial charge in [-0.1, -0.05) is 42.5 Å². The third kappa shape index (κ3) is 3.70. The first-order valence-corrected chi connectivity index (χ1v) is 9.36. The molecule has 4 heteroatoms. The molecule has 2 aromatic carbocycles. The van der Waals surface area contributed by atoms with Gasteiger partial charge in [-0.15, -0.1) is 0 Å². The minimum atomic E-state index is -0.149. The van der Waals surface area contributed by atoms with Crippen molar-refractivity contribution in [3.63, 3.8) is 0 Å². The molecule has 0 spiro atoms. The van der Waals surface area contributed by atoms with Gasteiger partial charge < -0.3 is 10.2 Å². The normalized spacial score (nSPS) is 13.1. The second-order valence-corrected chi connectivity index (χ2v) is 6.89. The maximum Gasteiger partial charge on any atom is 0.270 e. The highest BCUT2D eigenvalue weighted by atomic mass is 16.1. The Labute approximate surface area is 159 Å². The van der Waals surface area contributed by atoms with Crippen molar-refractivity contribution in [1.29, 1.82) is 0 Å². The summed E-state index contributed by atoms with van der Waals surface area (Å²) in [6.45, 7) is 3.52. The molecule has 0 aliphatic carbocycles. The summed E-state index contributed by atoms with van der Waals surface area (Å²) >= 11 is 0. The second-order valence-electron chi connectivity index (χ2n) is 6.89. The molecule has 1 aliphatic rings. The summed E-state index contributed by atoms with van der Waals surface area (Å²) in [6.07, 6.45) is 4.03. The standard InChI is InChI=1S/C23H23N3O/c1-17-7-2-3-9-19(17)15-25-23(27)21-13-12-20(16-24-21)26-14-6-10-18-8-4-5-11-22(18)26/h2-5,7-9,11-13,16H,6,10,14-15H2,1H3,(H,25,27). The van der Waals surface area contributed by atoms with Gasteiger partial charge in [-0.05, 0) is 54.7 Å². The Morgan fingerprint density at radius 3 is 2.70 bits per heavy atom. The number of aryl methyl sites for hydroxylation is 2. The smallest absolute Gasteiger partial charge is 0.270 e. The van der Waals surface area contributed by atoms with E-state index in [0.717, 1.165) is 30.6 Å². The lowest BCUT2D eigenvalue weighted by molar-refractivity contribution is 0.0946. The van der Waals surface area contributed by atoms with E-state index < -0.39 is 0 Å². The third-order valence-electron chi connectivity index (χ3n) is 5.10. The van der Waals surface area contributed by atoms with Crippen molar-refractivity contribution in [3.05, 3.63) is 89.2 Å². The molecule has 1 aromatic heterocycles. The number of carbonyl (C=O) groups excluding carboxylic acids is 1. The number of rotatable bonds is 4. The van der Waals surface area contributed by atoms with Crippen LogP contribution in [0, 0.1) is 6.92 Å². The molecular formula is C23H23N3O. The van der Waals surface area contributed by atoms with Crippen LogP contribution in [-0.4, -0.2) is 17.4 Å². The Morgan fingerprint density at radius 2 is 1.89 bits per heavy atom. The SMILES string of the molecule is Cc1ccccc1CNC(=O)c1ccc(N2CCCc3ccccc32)cn1. The van der Waals surface area contributed by atoms with E-state index in [1.807, 2.05) is 37.3 Å². The van der Waals surface area contributed by atoms with Gasteiger partial charge in [-0.25, -0.2) is 4.98 Å². The predicted octanol–water partition coefficient (Wildman–Crippen LogP) is 4.40. The molecule has 4 nitrogen and oxygen atoms in total. The first-order valence-electron chi connectivity index (χ1n) is 9.36. The number of hydrogen-bond donors (Lipinski definition) is 1. The van der Waals surface area contributed by atoms with Crippen molar-refractivity contribution in [2.24, 2.45) is 0 Å². The molecular weight excluding hydrogens is 334 g/mol. The molecule has 2 heterocycles. The lowest BCUT2D eigenvalue weighted by Gasteiger charge is -2.31. The second kappa shape index (κ2) is 7.62. The number of fused-ring (bicyclic) bond motifs is 1. The number of hydrogen-bond acceptors (Lipinski definition) is 3. The van der Waals surface area contributed by atoms with Crippen LogP contribution in [0.1, 0.15) is 33.6 Å². The Bertz CT molecular complexity index is 950. The van der Waals surface area contributed by atoms with E-state index in [4.69, 9.17) is 0 Å². The van der Waals surface area contributed by atoms with Gasteiger partial charge >= 0.3 is 0 Å². The summed E-state index contributed by atoms with van der Waals surface area (Å²) in [5.41, 5.74) is 6.36. The summed E-state index contributed by atoms with van der Waals surface area (Å²) in [6, 6.07) is 20.3. The predicted molar refractivity (Wildman–Crippen MR) is 108 cm³/mol. The largest absolute Gasteiger partial charge is 0.347 e. The fourth-order valence-electron chi connectivity index (χ4n) is 3.56. The maximum absolute atomic E-state index is 12.4. The van der Waals surface area contributed by atoms with Crippen molar-refractivity contribution in [3.8, 4) is 0 Å². The highest BCUT2D eigenvalue weighted by Crippen LogP contribution is 2.32. The molecule has 1 aliphatic heterocycles. The van der Waals surface area contributed by atoms with Crippen LogP contribution in [0.15, 0.2) is 66.9 Å². The van der Waals surface area contributed by atoms with Gasteiger partial charge in [0.2, 0.25) is 0 Å². The first kappa shape index (κ1) is 17.3. The molecule has 0 atom stereocenters. The number of nitrogens with one attached hydrogen (secondary N) is 1. The quantitative estimate of drug-likeness (QED) is 0.752. The van der Waals surface area contributed by atoms with Crippen molar-refractivity contribution in [2.45, 2.75) is 26.3 Å². The maximum atomic E-state index is 12.4. The molecule has 0 unspecified atom stereocenters. The summed E-state index contributed by atoms with van der Waals surface area (Å²) < 4.78 is 0. The number of pyridine rings is 1. The molecule has 0 saturated carbocycles. The summed E-state index contributed by atoms with van der Waals surface area (Å²) in [7, 11) is 0. The average Bonchev–Trinajstić information content (AvgIpc) is 2.73. The topological polar surface area (TPSA) is 45.2 Å². The fourth-order valence-corrected chi connectivity index (χ4v) is 3.56. The summed E-state index contributed by atoms with van der Waals surface area (Å²) in [4.78, 5) is 19.1. The molecule has 0 bridgehead atoms. The van der Waals surface area contributed by atoms with Crippen molar-refractivity contribution in [1.82, 2.24) is 10.3 Å². The number of amides is 1. The minimum absolute atomic E-state index is 0.149. The van der Waals surface area contributed by atoms with E-state index in [9.17, 15) is 4.79 Å². The average molecular weight is 357 g/mol. The third-order valence-corrected chi connectivity index (χ3v) is 5.10. The van der Waals surface area contributed by atoms with Crippen LogP contribution in [0.5, 0.6) is 0 Å². The van der Waals surface area contributed by atoms with Gasteiger partial charge in [0, 0.05) is 18.8 Å². The number of para-hydroxylation sites is 1. The van der Waals surface area contributed by atoms with E-state index in [1.165, 1.54) is 16.8 Å².